The Hall–Kier alpha value is -0.130. The summed E-state index contributed by atoms with van der Waals surface area (Å²) in [6.45, 7) is 4.95. The molecule has 1 aliphatic carbocycles. The van der Waals surface area contributed by atoms with E-state index in [0.717, 1.165) is 25.7 Å². The number of nitrogens with two attached hydrogens (primary N) is 1. The number of nitrogens with zero attached hydrogens (tertiary/aromatic N) is 1. The van der Waals surface area contributed by atoms with Crippen LogP contribution in [0.1, 0.15) is 39.5 Å². The third-order valence-corrected chi connectivity index (χ3v) is 4.92. The van der Waals surface area contributed by atoms with Gasteiger partial charge in [-0.05, 0) is 18.8 Å². The van der Waals surface area contributed by atoms with Crippen LogP contribution in [0, 0.1) is 5.92 Å². The first kappa shape index (κ1) is 13.9. The van der Waals surface area contributed by atoms with Gasteiger partial charge in [0.25, 0.3) is 0 Å². The summed E-state index contributed by atoms with van der Waals surface area (Å²) < 4.78 is 25.9. The Morgan fingerprint density at radius 3 is 2.31 bits per heavy atom. The summed E-state index contributed by atoms with van der Waals surface area (Å²) in [5.41, 5.74) is 5.38. The summed E-state index contributed by atoms with van der Waals surface area (Å²) in [7, 11) is -3.14. The molecule has 0 saturated heterocycles. The fourth-order valence-corrected chi connectivity index (χ4v) is 4.03. The van der Waals surface area contributed by atoms with Crippen LogP contribution in [0.15, 0.2) is 0 Å². The van der Waals surface area contributed by atoms with E-state index in [0.29, 0.717) is 12.5 Å². The Labute approximate surface area is 99.2 Å². The van der Waals surface area contributed by atoms with Crippen molar-refractivity contribution in [1.29, 1.82) is 0 Å². The van der Waals surface area contributed by atoms with Crippen LogP contribution in [0.2, 0.25) is 0 Å². The van der Waals surface area contributed by atoms with Crippen LogP contribution in [0.4, 0.5) is 0 Å². The van der Waals surface area contributed by atoms with Gasteiger partial charge >= 0.3 is 0 Å². The van der Waals surface area contributed by atoms with Crippen LogP contribution in [-0.2, 0) is 10.0 Å². The molecule has 1 saturated carbocycles. The highest BCUT2D eigenvalue weighted by Crippen LogP contribution is 2.26. The van der Waals surface area contributed by atoms with Gasteiger partial charge in [-0.2, -0.15) is 4.31 Å². The maximum atomic E-state index is 12.1. The maximum Gasteiger partial charge on any atom is 0.215 e. The molecule has 1 fully saturated rings. The zero-order valence-electron chi connectivity index (χ0n) is 10.4. The second kappa shape index (κ2) is 5.98. The monoisotopic (exact) mass is 248 g/mol. The molecule has 0 bridgehead atoms. The number of hydrogen-bond acceptors (Lipinski definition) is 3. The lowest BCUT2D eigenvalue weighted by Gasteiger charge is -2.29. The molecule has 5 heteroatoms. The van der Waals surface area contributed by atoms with Crippen molar-refractivity contribution in [2.24, 2.45) is 11.7 Å². The minimum Gasteiger partial charge on any atom is -0.329 e. The maximum absolute atomic E-state index is 12.1. The Kier molecular flexibility index (Phi) is 5.21. The van der Waals surface area contributed by atoms with Crippen molar-refractivity contribution in [3.63, 3.8) is 0 Å². The summed E-state index contributed by atoms with van der Waals surface area (Å²) in [6, 6.07) is 0.221. The number of sulfonamides is 1. The van der Waals surface area contributed by atoms with Crippen molar-refractivity contribution in [3.05, 3.63) is 0 Å². The van der Waals surface area contributed by atoms with Gasteiger partial charge in [0.1, 0.15) is 0 Å². The average Bonchev–Trinajstić information content (AvgIpc) is 2.66. The topological polar surface area (TPSA) is 63.4 Å². The zero-order valence-corrected chi connectivity index (χ0v) is 11.2. The average molecular weight is 248 g/mol. The van der Waals surface area contributed by atoms with Gasteiger partial charge in [0, 0.05) is 19.1 Å². The molecule has 1 aliphatic rings. The van der Waals surface area contributed by atoms with E-state index in [9.17, 15) is 8.42 Å². The Bertz CT molecular complexity index is 295. The van der Waals surface area contributed by atoms with Crippen LogP contribution in [0.3, 0.4) is 0 Å². The Morgan fingerprint density at radius 1 is 1.31 bits per heavy atom. The second-order valence-electron chi connectivity index (χ2n) is 5.01. The molecule has 1 rings (SSSR count). The van der Waals surface area contributed by atoms with E-state index in [1.54, 1.807) is 4.31 Å². The lowest BCUT2D eigenvalue weighted by molar-refractivity contribution is 0.293. The Morgan fingerprint density at radius 2 is 1.88 bits per heavy atom. The summed E-state index contributed by atoms with van der Waals surface area (Å²) in [5.74, 6) is 0.448. The lowest BCUT2D eigenvalue weighted by Crippen LogP contribution is -2.43. The highest BCUT2D eigenvalue weighted by atomic mass is 32.2. The first-order valence-corrected chi connectivity index (χ1v) is 7.78. The predicted octanol–water partition coefficient (Wildman–Crippen LogP) is 1.18. The van der Waals surface area contributed by atoms with Crippen molar-refractivity contribution < 1.29 is 8.42 Å². The van der Waals surface area contributed by atoms with E-state index >= 15 is 0 Å². The fraction of sp³-hybridized carbons (Fsp3) is 1.00. The molecule has 0 aromatic rings. The molecule has 0 aromatic heterocycles. The molecule has 0 unspecified atom stereocenters. The molecule has 16 heavy (non-hydrogen) atoms. The normalized spacial score (nSPS) is 18.8. The van der Waals surface area contributed by atoms with Gasteiger partial charge in [-0.25, -0.2) is 8.42 Å². The lowest BCUT2D eigenvalue weighted by atomic mass is 10.2. The second-order valence-corrected chi connectivity index (χ2v) is 7.05. The molecule has 0 amide bonds. The van der Waals surface area contributed by atoms with Gasteiger partial charge in [-0.15, -0.1) is 0 Å². The first-order chi connectivity index (χ1) is 7.47. The largest absolute Gasteiger partial charge is 0.329 e. The van der Waals surface area contributed by atoms with Crippen molar-refractivity contribution in [2.45, 2.75) is 45.6 Å². The smallest absolute Gasteiger partial charge is 0.215 e. The van der Waals surface area contributed by atoms with Gasteiger partial charge in [0.2, 0.25) is 10.0 Å². The van der Waals surface area contributed by atoms with E-state index in [1.807, 2.05) is 0 Å². The molecule has 96 valence electrons. The first-order valence-electron chi connectivity index (χ1n) is 6.17. The molecule has 0 radical (unpaired) electrons. The van der Waals surface area contributed by atoms with Crippen molar-refractivity contribution in [1.82, 2.24) is 4.31 Å². The highest BCUT2D eigenvalue weighted by Gasteiger charge is 2.31. The van der Waals surface area contributed by atoms with Crippen molar-refractivity contribution in [2.75, 3.05) is 18.8 Å². The van der Waals surface area contributed by atoms with Gasteiger partial charge in [-0.3, -0.25) is 0 Å². The van der Waals surface area contributed by atoms with Crippen LogP contribution in [0.25, 0.3) is 0 Å². The summed E-state index contributed by atoms with van der Waals surface area (Å²) in [5, 5.41) is 0. The third-order valence-electron chi connectivity index (χ3n) is 3.01. The van der Waals surface area contributed by atoms with E-state index in [-0.39, 0.29) is 18.3 Å². The van der Waals surface area contributed by atoms with Gasteiger partial charge in [-0.1, -0.05) is 26.7 Å². The quantitative estimate of drug-likeness (QED) is 0.767. The van der Waals surface area contributed by atoms with Gasteiger partial charge in [0.15, 0.2) is 0 Å². The molecule has 0 atom stereocenters. The summed E-state index contributed by atoms with van der Waals surface area (Å²) >= 11 is 0. The highest BCUT2D eigenvalue weighted by molar-refractivity contribution is 7.89. The van der Waals surface area contributed by atoms with Crippen molar-refractivity contribution >= 4 is 10.0 Å². The van der Waals surface area contributed by atoms with Crippen molar-refractivity contribution in [3.8, 4) is 0 Å². The van der Waals surface area contributed by atoms with E-state index in [2.05, 4.69) is 13.8 Å². The standard InChI is InChI=1S/C11H24N2O2S/c1-10(2)9-13(11-5-3-4-6-11)16(14,15)8-7-12/h10-11H,3-9,12H2,1-2H3. The van der Waals surface area contributed by atoms with Gasteiger partial charge < -0.3 is 5.73 Å². The molecule has 0 aliphatic heterocycles. The summed E-state index contributed by atoms with van der Waals surface area (Å²) in [6.07, 6.45) is 4.32. The minimum atomic E-state index is -3.14. The third kappa shape index (κ3) is 3.71. The molecule has 0 spiro atoms. The van der Waals surface area contributed by atoms with Crippen LogP contribution >= 0.6 is 0 Å². The van der Waals surface area contributed by atoms with Gasteiger partial charge in [0.05, 0.1) is 5.75 Å². The molecule has 4 nitrogen and oxygen atoms in total. The number of hydrogen-bond donors (Lipinski definition) is 1. The van der Waals surface area contributed by atoms with Crippen LogP contribution < -0.4 is 5.73 Å². The van der Waals surface area contributed by atoms with E-state index < -0.39 is 10.0 Å². The SMILES string of the molecule is CC(C)CN(C1CCCC1)S(=O)(=O)CCN. The molecule has 0 heterocycles. The van der Waals surface area contributed by atoms with E-state index in [1.165, 1.54) is 0 Å². The molecular formula is C11H24N2O2S. The Balaban J connectivity index is 2.77. The number of rotatable bonds is 6. The predicted molar refractivity (Wildman–Crippen MR) is 66.6 cm³/mol. The zero-order chi connectivity index (χ0) is 12.2. The molecule has 0 aromatic carbocycles. The minimum absolute atomic E-state index is 0.0796. The van der Waals surface area contributed by atoms with Crippen LogP contribution in [-0.4, -0.2) is 37.6 Å². The fourth-order valence-electron chi connectivity index (χ4n) is 2.31. The summed E-state index contributed by atoms with van der Waals surface area (Å²) in [4.78, 5) is 0. The molecule has 2 N–H and O–H groups in total. The van der Waals surface area contributed by atoms with E-state index in [4.69, 9.17) is 5.73 Å². The molecular weight excluding hydrogens is 224 g/mol. The van der Waals surface area contributed by atoms with Crippen LogP contribution in [0.5, 0.6) is 0 Å².